The lowest BCUT2D eigenvalue weighted by Gasteiger charge is -2.25. The van der Waals surface area contributed by atoms with Crippen molar-refractivity contribution in [1.29, 1.82) is 0 Å². The van der Waals surface area contributed by atoms with Crippen molar-refractivity contribution in [1.82, 2.24) is 5.32 Å². The number of ether oxygens (including phenoxy) is 1. The quantitative estimate of drug-likeness (QED) is 0.849. The highest BCUT2D eigenvalue weighted by molar-refractivity contribution is 9.09. The number of nitrogens with one attached hydrogen (secondary N) is 1. The summed E-state index contributed by atoms with van der Waals surface area (Å²) in [5, 5.41) is 3.86. The van der Waals surface area contributed by atoms with Gasteiger partial charge in [-0.15, -0.1) is 0 Å². The minimum atomic E-state index is -0.219. The maximum atomic E-state index is 12.0. The van der Waals surface area contributed by atoms with Crippen LogP contribution in [0.1, 0.15) is 30.6 Å². The fraction of sp³-hybridized carbons (Fsp3) is 0.462. The fourth-order valence-corrected chi connectivity index (χ4v) is 2.43. The summed E-state index contributed by atoms with van der Waals surface area (Å²) in [5.41, 5.74) is 0.399. The highest BCUT2D eigenvalue weighted by Gasteiger charge is 2.20. The molecular formula is C13H18BrNO2. The minimum Gasteiger partial charge on any atom is -0.497 e. The molecule has 94 valence electrons. The Balaban J connectivity index is 2.75. The molecule has 1 amide bonds. The molecule has 0 heterocycles. The zero-order valence-electron chi connectivity index (χ0n) is 10.4. The molecule has 0 bridgehead atoms. The summed E-state index contributed by atoms with van der Waals surface area (Å²) in [7, 11) is 1.59. The Kier molecular flexibility index (Phi) is 5.00. The Morgan fingerprint density at radius 3 is 2.76 bits per heavy atom. The SMILES string of the molecule is COc1cccc(C(=O)NC(C)(C)CCBr)c1. The number of halogens is 1. The second-order valence-corrected chi connectivity index (χ2v) is 5.30. The largest absolute Gasteiger partial charge is 0.497 e. The number of rotatable bonds is 5. The van der Waals surface area contributed by atoms with Gasteiger partial charge in [-0.05, 0) is 38.5 Å². The van der Waals surface area contributed by atoms with Gasteiger partial charge in [-0.3, -0.25) is 4.79 Å². The van der Waals surface area contributed by atoms with Crippen molar-refractivity contribution in [2.75, 3.05) is 12.4 Å². The van der Waals surface area contributed by atoms with Crippen molar-refractivity contribution >= 4 is 21.8 Å². The molecule has 0 spiro atoms. The average Bonchev–Trinajstić information content (AvgIpc) is 2.28. The van der Waals surface area contributed by atoms with Crippen LogP contribution < -0.4 is 10.1 Å². The lowest BCUT2D eigenvalue weighted by Crippen LogP contribution is -2.43. The van der Waals surface area contributed by atoms with Gasteiger partial charge in [0, 0.05) is 16.4 Å². The predicted octanol–water partition coefficient (Wildman–Crippen LogP) is 2.99. The van der Waals surface area contributed by atoms with E-state index in [0.717, 1.165) is 11.8 Å². The molecule has 0 aromatic heterocycles. The van der Waals surface area contributed by atoms with Gasteiger partial charge in [-0.1, -0.05) is 22.0 Å². The highest BCUT2D eigenvalue weighted by Crippen LogP contribution is 2.15. The zero-order chi connectivity index (χ0) is 12.9. The molecule has 17 heavy (non-hydrogen) atoms. The standard InChI is InChI=1S/C13H18BrNO2/c1-13(2,7-8-14)15-12(16)10-5-4-6-11(9-10)17-3/h4-6,9H,7-8H2,1-3H3,(H,15,16). The predicted molar refractivity (Wildman–Crippen MR) is 73.0 cm³/mol. The van der Waals surface area contributed by atoms with Crippen LogP contribution in [0.5, 0.6) is 5.75 Å². The van der Waals surface area contributed by atoms with E-state index in [1.807, 2.05) is 26.0 Å². The van der Waals surface area contributed by atoms with E-state index in [4.69, 9.17) is 4.74 Å². The van der Waals surface area contributed by atoms with E-state index in [-0.39, 0.29) is 11.4 Å². The summed E-state index contributed by atoms with van der Waals surface area (Å²) < 4.78 is 5.10. The van der Waals surface area contributed by atoms with Crippen molar-refractivity contribution in [3.63, 3.8) is 0 Å². The Morgan fingerprint density at radius 2 is 2.18 bits per heavy atom. The molecule has 0 unspecified atom stereocenters. The number of hydrogen-bond acceptors (Lipinski definition) is 2. The molecule has 0 fully saturated rings. The summed E-state index contributed by atoms with van der Waals surface area (Å²) in [6.07, 6.45) is 0.878. The molecule has 0 aliphatic rings. The van der Waals surface area contributed by atoms with Gasteiger partial charge in [0.15, 0.2) is 0 Å². The number of methoxy groups -OCH3 is 1. The second kappa shape index (κ2) is 6.05. The number of carbonyl (C=O) groups excluding carboxylic acids is 1. The van der Waals surface area contributed by atoms with Gasteiger partial charge in [0.1, 0.15) is 5.75 Å². The van der Waals surface area contributed by atoms with Crippen LogP contribution in [-0.2, 0) is 0 Å². The first-order valence-electron chi connectivity index (χ1n) is 5.51. The van der Waals surface area contributed by atoms with Gasteiger partial charge >= 0.3 is 0 Å². The molecule has 0 saturated carbocycles. The number of hydrogen-bond donors (Lipinski definition) is 1. The van der Waals surface area contributed by atoms with E-state index in [2.05, 4.69) is 21.2 Å². The molecule has 4 heteroatoms. The average molecular weight is 300 g/mol. The molecule has 0 saturated heterocycles. The first-order chi connectivity index (χ1) is 7.98. The van der Waals surface area contributed by atoms with Gasteiger partial charge in [-0.2, -0.15) is 0 Å². The summed E-state index contributed by atoms with van der Waals surface area (Å²) in [6.45, 7) is 4.01. The Morgan fingerprint density at radius 1 is 1.47 bits per heavy atom. The van der Waals surface area contributed by atoms with Crippen molar-refractivity contribution in [2.45, 2.75) is 25.8 Å². The van der Waals surface area contributed by atoms with Crippen molar-refractivity contribution in [2.24, 2.45) is 0 Å². The van der Waals surface area contributed by atoms with Crippen LogP contribution in [0.4, 0.5) is 0 Å². The van der Waals surface area contributed by atoms with E-state index < -0.39 is 0 Å². The molecule has 0 radical (unpaired) electrons. The third kappa shape index (κ3) is 4.38. The van der Waals surface area contributed by atoms with Crippen LogP contribution in [0, 0.1) is 0 Å². The minimum absolute atomic E-state index is 0.0742. The van der Waals surface area contributed by atoms with Gasteiger partial charge in [-0.25, -0.2) is 0 Å². The summed E-state index contributed by atoms with van der Waals surface area (Å²) >= 11 is 3.38. The first kappa shape index (κ1) is 14.0. The van der Waals surface area contributed by atoms with Gasteiger partial charge in [0.05, 0.1) is 7.11 Å². The topological polar surface area (TPSA) is 38.3 Å². The Labute approximate surface area is 111 Å². The Hall–Kier alpha value is -1.03. The monoisotopic (exact) mass is 299 g/mol. The first-order valence-corrected chi connectivity index (χ1v) is 6.63. The van der Waals surface area contributed by atoms with E-state index in [9.17, 15) is 4.79 Å². The van der Waals surface area contributed by atoms with Crippen molar-refractivity contribution < 1.29 is 9.53 Å². The highest BCUT2D eigenvalue weighted by atomic mass is 79.9. The van der Waals surface area contributed by atoms with Crippen LogP contribution in [0.25, 0.3) is 0 Å². The molecule has 0 atom stereocenters. The lowest BCUT2D eigenvalue weighted by atomic mass is 10.0. The third-order valence-electron chi connectivity index (χ3n) is 2.50. The molecular weight excluding hydrogens is 282 g/mol. The molecule has 1 aromatic rings. The summed E-state index contributed by atoms with van der Waals surface area (Å²) in [4.78, 5) is 12.0. The molecule has 0 aliphatic heterocycles. The van der Waals surface area contributed by atoms with E-state index in [0.29, 0.717) is 11.3 Å². The zero-order valence-corrected chi connectivity index (χ0v) is 12.0. The number of benzene rings is 1. The lowest BCUT2D eigenvalue weighted by molar-refractivity contribution is 0.0911. The second-order valence-electron chi connectivity index (χ2n) is 4.51. The van der Waals surface area contributed by atoms with Crippen molar-refractivity contribution in [3.05, 3.63) is 29.8 Å². The molecule has 1 aromatic carbocycles. The number of amides is 1. The van der Waals surface area contributed by atoms with Crippen LogP contribution in [0.3, 0.4) is 0 Å². The summed E-state index contributed by atoms with van der Waals surface area (Å²) in [6, 6.07) is 7.15. The van der Waals surface area contributed by atoms with Crippen LogP contribution >= 0.6 is 15.9 Å². The van der Waals surface area contributed by atoms with E-state index >= 15 is 0 Å². The summed E-state index contributed by atoms with van der Waals surface area (Å²) in [5.74, 6) is 0.616. The normalized spacial score (nSPS) is 11.1. The maximum absolute atomic E-state index is 12.0. The van der Waals surface area contributed by atoms with Gasteiger partial charge in [0.2, 0.25) is 0 Å². The van der Waals surface area contributed by atoms with E-state index in [1.165, 1.54) is 0 Å². The van der Waals surface area contributed by atoms with Gasteiger partial charge in [0.25, 0.3) is 5.91 Å². The Bertz CT molecular complexity index is 391. The van der Waals surface area contributed by atoms with E-state index in [1.54, 1.807) is 19.2 Å². The number of carbonyl (C=O) groups is 1. The number of alkyl halides is 1. The fourth-order valence-electron chi connectivity index (χ4n) is 1.44. The third-order valence-corrected chi connectivity index (χ3v) is 2.90. The smallest absolute Gasteiger partial charge is 0.251 e. The van der Waals surface area contributed by atoms with Gasteiger partial charge < -0.3 is 10.1 Å². The molecule has 0 aliphatic carbocycles. The van der Waals surface area contributed by atoms with Crippen LogP contribution in [0.2, 0.25) is 0 Å². The van der Waals surface area contributed by atoms with Crippen LogP contribution in [-0.4, -0.2) is 23.9 Å². The maximum Gasteiger partial charge on any atom is 0.251 e. The van der Waals surface area contributed by atoms with Crippen LogP contribution in [0.15, 0.2) is 24.3 Å². The molecule has 1 rings (SSSR count). The molecule has 3 nitrogen and oxygen atoms in total. The van der Waals surface area contributed by atoms with Crippen molar-refractivity contribution in [3.8, 4) is 5.75 Å². The molecule has 1 N–H and O–H groups in total.